The van der Waals surface area contributed by atoms with Crippen LogP contribution in [0.4, 0.5) is 0 Å². The summed E-state index contributed by atoms with van der Waals surface area (Å²) in [6, 6.07) is 0.259. The average molecular weight is 307 g/mol. The first-order valence-corrected chi connectivity index (χ1v) is 8.78. The molecule has 22 heavy (non-hydrogen) atoms. The zero-order valence-corrected chi connectivity index (χ0v) is 13.9. The number of carbonyl (C=O) groups excluding carboxylic acids is 1. The Morgan fingerprint density at radius 1 is 1.23 bits per heavy atom. The van der Waals surface area contributed by atoms with Gasteiger partial charge >= 0.3 is 5.97 Å². The highest BCUT2D eigenvalue weighted by molar-refractivity contribution is 5.83. The van der Waals surface area contributed by atoms with Crippen LogP contribution in [-0.4, -0.2) is 46.8 Å². The van der Waals surface area contributed by atoms with Crippen LogP contribution in [0.2, 0.25) is 0 Å². The minimum Gasteiger partial charge on any atom is -0.458 e. The molecular weight excluding hydrogens is 278 g/mol. The van der Waals surface area contributed by atoms with Crippen LogP contribution in [-0.2, 0) is 9.53 Å². The minimum absolute atomic E-state index is 0.0334. The molecule has 4 aliphatic rings. The monoisotopic (exact) mass is 307 g/mol. The van der Waals surface area contributed by atoms with E-state index < -0.39 is 11.6 Å². The van der Waals surface area contributed by atoms with E-state index in [1.54, 1.807) is 6.92 Å². The van der Waals surface area contributed by atoms with Gasteiger partial charge in [-0.2, -0.15) is 0 Å². The lowest BCUT2D eigenvalue weighted by atomic mass is 9.79. The molecule has 4 rings (SSSR count). The molecule has 0 amide bonds. The molecule has 3 aliphatic heterocycles. The van der Waals surface area contributed by atoms with Crippen LogP contribution >= 0.6 is 0 Å². The molecule has 0 aromatic carbocycles. The van der Waals surface area contributed by atoms with E-state index in [0.717, 1.165) is 51.6 Å². The van der Waals surface area contributed by atoms with Gasteiger partial charge in [0.05, 0.1) is 0 Å². The van der Waals surface area contributed by atoms with Crippen molar-refractivity contribution in [2.45, 2.75) is 70.1 Å². The number of carbonyl (C=O) groups is 1. The Balaban J connectivity index is 1.75. The highest BCUT2D eigenvalue weighted by Crippen LogP contribution is 2.41. The van der Waals surface area contributed by atoms with Gasteiger partial charge in [-0.3, -0.25) is 4.90 Å². The predicted molar refractivity (Wildman–Crippen MR) is 85.4 cm³/mol. The number of fused-ring (bicyclic) bond motifs is 3. The molecule has 1 N–H and O–H groups in total. The van der Waals surface area contributed by atoms with Crippen molar-refractivity contribution in [1.82, 2.24) is 4.90 Å². The van der Waals surface area contributed by atoms with Gasteiger partial charge in [0, 0.05) is 12.0 Å². The number of nitrogens with zero attached hydrogens (tertiary/aromatic N) is 1. The number of aliphatic hydroxyl groups is 1. The molecule has 0 radical (unpaired) electrons. The van der Waals surface area contributed by atoms with Gasteiger partial charge < -0.3 is 9.84 Å². The number of hydrogen-bond donors (Lipinski definition) is 1. The number of hydrogen-bond acceptors (Lipinski definition) is 4. The van der Waals surface area contributed by atoms with E-state index in [9.17, 15) is 9.90 Å². The average Bonchev–Trinajstić information content (AvgIpc) is 3.04. The second-order valence-corrected chi connectivity index (χ2v) is 7.51. The largest absolute Gasteiger partial charge is 0.458 e. The number of ether oxygens (including phenoxy) is 1. The Morgan fingerprint density at radius 2 is 1.82 bits per heavy atom. The first kappa shape index (κ1) is 16.0. The lowest BCUT2D eigenvalue weighted by Gasteiger charge is -2.49. The Kier molecular flexibility index (Phi) is 4.34. The van der Waals surface area contributed by atoms with Crippen LogP contribution in [0.3, 0.4) is 0 Å². The van der Waals surface area contributed by atoms with E-state index in [0.29, 0.717) is 11.5 Å². The summed E-state index contributed by atoms with van der Waals surface area (Å²) < 4.78 is 5.88. The topological polar surface area (TPSA) is 49.8 Å². The molecule has 3 heterocycles. The van der Waals surface area contributed by atoms with E-state index >= 15 is 0 Å². The van der Waals surface area contributed by atoms with E-state index in [4.69, 9.17) is 4.74 Å². The molecule has 4 fully saturated rings. The molecule has 1 aliphatic carbocycles. The first-order valence-electron chi connectivity index (χ1n) is 8.78. The molecule has 3 saturated heterocycles. The Labute approximate surface area is 133 Å². The standard InChI is InChI=1S/C18H29NO3/c1-12(2)18(21,15-6-4-5-7-15)17(20)22-16-13(3)19-10-8-14(16)9-11-19/h13-16,21H,1,4-11H2,2-3H3. The van der Waals surface area contributed by atoms with Gasteiger partial charge in [-0.15, -0.1) is 0 Å². The molecule has 124 valence electrons. The third-order valence-corrected chi connectivity index (χ3v) is 6.24. The van der Waals surface area contributed by atoms with E-state index in [1.807, 2.05) is 0 Å². The maximum atomic E-state index is 12.8. The van der Waals surface area contributed by atoms with E-state index in [2.05, 4.69) is 18.4 Å². The van der Waals surface area contributed by atoms with Crippen LogP contribution in [0.15, 0.2) is 12.2 Å². The zero-order valence-electron chi connectivity index (χ0n) is 13.9. The first-order chi connectivity index (χ1) is 10.4. The fourth-order valence-corrected chi connectivity index (χ4v) is 4.70. The maximum Gasteiger partial charge on any atom is 0.343 e. The fourth-order valence-electron chi connectivity index (χ4n) is 4.70. The van der Waals surface area contributed by atoms with Crippen molar-refractivity contribution in [3.63, 3.8) is 0 Å². The quantitative estimate of drug-likeness (QED) is 0.640. The smallest absolute Gasteiger partial charge is 0.343 e. The molecule has 3 unspecified atom stereocenters. The summed E-state index contributed by atoms with van der Waals surface area (Å²) >= 11 is 0. The van der Waals surface area contributed by atoms with Crippen molar-refractivity contribution in [3.05, 3.63) is 12.2 Å². The number of rotatable bonds is 4. The normalized spacial score (nSPS) is 37.8. The maximum absolute atomic E-state index is 12.8. The molecule has 0 spiro atoms. The van der Waals surface area contributed by atoms with Crippen LogP contribution in [0.1, 0.15) is 52.4 Å². The molecular formula is C18H29NO3. The predicted octanol–water partition coefficient (Wildman–Crippen LogP) is 2.51. The SMILES string of the molecule is C=C(C)C(O)(C(=O)OC1C2CCN(CC2)C1C)C1CCCC1. The van der Waals surface area contributed by atoms with Crippen molar-refractivity contribution in [2.24, 2.45) is 11.8 Å². The lowest BCUT2D eigenvalue weighted by Crippen LogP contribution is -2.59. The highest BCUT2D eigenvalue weighted by Gasteiger charge is 2.50. The Hall–Kier alpha value is -0.870. The number of esters is 1. The van der Waals surface area contributed by atoms with E-state index in [1.165, 1.54) is 0 Å². The molecule has 2 bridgehead atoms. The molecule has 3 atom stereocenters. The summed E-state index contributed by atoms with van der Waals surface area (Å²) in [6.45, 7) is 9.99. The van der Waals surface area contributed by atoms with Gasteiger partial charge in [0.15, 0.2) is 5.60 Å². The summed E-state index contributed by atoms with van der Waals surface area (Å²) in [7, 11) is 0. The van der Waals surface area contributed by atoms with Gasteiger partial charge in [-0.25, -0.2) is 4.79 Å². The van der Waals surface area contributed by atoms with Crippen molar-refractivity contribution in [2.75, 3.05) is 13.1 Å². The fraction of sp³-hybridized carbons (Fsp3) is 0.833. The second-order valence-electron chi connectivity index (χ2n) is 7.51. The third-order valence-electron chi connectivity index (χ3n) is 6.24. The highest BCUT2D eigenvalue weighted by atomic mass is 16.6. The van der Waals surface area contributed by atoms with Crippen molar-refractivity contribution in [1.29, 1.82) is 0 Å². The molecule has 0 aromatic rings. The summed E-state index contributed by atoms with van der Waals surface area (Å²) in [5.41, 5.74) is -0.972. The van der Waals surface area contributed by atoms with Crippen LogP contribution in [0.5, 0.6) is 0 Å². The molecule has 0 aromatic heterocycles. The molecule has 4 heteroatoms. The summed E-state index contributed by atoms with van der Waals surface area (Å²) in [5.74, 6) is -0.0479. The Morgan fingerprint density at radius 3 is 2.32 bits per heavy atom. The molecule has 1 saturated carbocycles. The van der Waals surface area contributed by atoms with Gasteiger partial charge in [0.2, 0.25) is 0 Å². The summed E-state index contributed by atoms with van der Waals surface area (Å²) in [4.78, 5) is 15.2. The van der Waals surface area contributed by atoms with Gasteiger partial charge in [-0.1, -0.05) is 19.4 Å². The van der Waals surface area contributed by atoms with Gasteiger partial charge in [0.1, 0.15) is 6.10 Å². The number of piperidine rings is 3. The molecule has 4 nitrogen and oxygen atoms in total. The summed E-state index contributed by atoms with van der Waals surface area (Å²) in [5, 5.41) is 11.1. The third kappa shape index (κ3) is 2.50. The van der Waals surface area contributed by atoms with Crippen LogP contribution < -0.4 is 0 Å². The van der Waals surface area contributed by atoms with Crippen molar-refractivity contribution in [3.8, 4) is 0 Å². The zero-order chi connectivity index (χ0) is 15.9. The van der Waals surface area contributed by atoms with Crippen LogP contribution in [0, 0.1) is 11.8 Å². The lowest BCUT2D eigenvalue weighted by molar-refractivity contribution is -0.186. The van der Waals surface area contributed by atoms with Crippen molar-refractivity contribution >= 4 is 5.97 Å². The van der Waals surface area contributed by atoms with Gasteiger partial charge in [0.25, 0.3) is 0 Å². The van der Waals surface area contributed by atoms with Gasteiger partial charge in [-0.05, 0) is 64.1 Å². The second kappa shape index (κ2) is 5.97. The minimum atomic E-state index is -1.50. The van der Waals surface area contributed by atoms with Crippen LogP contribution in [0.25, 0.3) is 0 Å². The van der Waals surface area contributed by atoms with E-state index in [-0.39, 0.29) is 18.1 Å². The Bertz CT molecular complexity index is 447. The van der Waals surface area contributed by atoms with Crippen molar-refractivity contribution < 1.29 is 14.6 Å². The summed E-state index contributed by atoms with van der Waals surface area (Å²) in [6.07, 6.45) is 6.02.